The third kappa shape index (κ3) is 5.22. The molecule has 146 valence electrons. The van der Waals surface area contributed by atoms with Gasteiger partial charge in [-0.25, -0.2) is 0 Å². The Balaban J connectivity index is 1.47. The van der Waals surface area contributed by atoms with Crippen LogP contribution in [0.25, 0.3) is 10.9 Å². The molecule has 3 aromatic rings. The molecule has 3 rings (SSSR count). The van der Waals surface area contributed by atoms with Gasteiger partial charge in [-0.05, 0) is 30.5 Å². The van der Waals surface area contributed by atoms with Crippen LogP contribution in [0.3, 0.4) is 0 Å². The lowest BCUT2D eigenvalue weighted by molar-refractivity contribution is -0.129. The first-order chi connectivity index (χ1) is 13.5. The van der Waals surface area contributed by atoms with Crippen molar-refractivity contribution < 1.29 is 9.59 Å². The van der Waals surface area contributed by atoms with E-state index >= 15 is 0 Å². The topological polar surface area (TPSA) is 65.2 Å². The Bertz CT molecular complexity index is 944. The number of carbonyl (C=O) groups is 2. The predicted octanol–water partition coefficient (Wildman–Crippen LogP) is 3.23. The van der Waals surface area contributed by atoms with Crippen molar-refractivity contribution in [2.24, 2.45) is 0 Å². The molecule has 0 saturated heterocycles. The summed E-state index contributed by atoms with van der Waals surface area (Å²) in [5.74, 6) is -0.00314. The van der Waals surface area contributed by atoms with Gasteiger partial charge >= 0.3 is 0 Å². The second-order valence-corrected chi connectivity index (χ2v) is 7.13. The van der Waals surface area contributed by atoms with Crippen molar-refractivity contribution in [2.75, 3.05) is 19.6 Å². The lowest BCUT2D eigenvalue weighted by Gasteiger charge is -2.21. The summed E-state index contributed by atoms with van der Waals surface area (Å²) < 4.78 is 0. The SMILES string of the molecule is CC(=O)N(CCNC(=O)Cc1ccc(C)cc1)CCc1c[nH]c2ccccc12. The third-order valence-electron chi connectivity index (χ3n) is 4.96. The quantitative estimate of drug-likeness (QED) is 0.633. The van der Waals surface area contributed by atoms with Gasteiger partial charge in [0.15, 0.2) is 0 Å². The zero-order chi connectivity index (χ0) is 19.9. The van der Waals surface area contributed by atoms with E-state index in [1.54, 1.807) is 11.8 Å². The molecule has 0 spiro atoms. The van der Waals surface area contributed by atoms with Gasteiger partial charge in [-0.3, -0.25) is 9.59 Å². The van der Waals surface area contributed by atoms with Gasteiger partial charge in [0.1, 0.15) is 0 Å². The van der Waals surface area contributed by atoms with Gasteiger partial charge in [0.25, 0.3) is 0 Å². The minimum Gasteiger partial charge on any atom is -0.361 e. The van der Waals surface area contributed by atoms with E-state index in [0.29, 0.717) is 26.1 Å². The molecule has 0 atom stereocenters. The zero-order valence-corrected chi connectivity index (χ0v) is 16.5. The van der Waals surface area contributed by atoms with Crippen LogP contribution in [-0.4, -0.2) is 41.3 Å². The Labute approximate surface area is 165 Å². The standard InChI is InChI=1S/C23H27N3O2/c1-17-7-9-19(10-8-17)15-23(28)24-12-14-26(18(2)27)13-11-20-16-25-22-6-4-3-5-21(20)22/h3-10,16,25H,11-15H2,1-2H3,(H,24,28). The average molecular weight is 377 g/mol. The first-order valence-corrected chi connectivity index (χ1v) is 9.65. The molecule has 0 aliphatic carbocycles. The molecule has 28 heavy (non-hydrogen) atoms. The highest BCUT2D eigenvalue weighted by molar-refractivity contribution is 5.83. The van der Waals surface area contributed by atoms with Crippen LogP contribution in [0.5, 0.6) is 0 Å². The maximum Gasteiger partial charge on any atom is 0.224 e. The number of fused-ring (bicyclic) bond motifs is 1. The number of H-pyrrole nitrogens is 1. The average Bonchev–Trinajstić information content (AvgIpc) is 3.09. The smallest absolute Gasteiger partial charge is 0.224 e. The predicted molar refractivity (Wildman–Crippen MR) is 112 cm³/mol. The summed E-state index contributed by atoms with van der Waals surface area (Å²) in [6.07, 6.45) is 3.14. The maximum atomic E-state index is 12.1. The molecule has 5 heteroatoms. The van der Waals surface area contributed by atoms with Crippen molar-refractivity contribution >= 4 is 22.7 Å². The van der Waals surface area contributed by atoms with E-state index in [1.165, 1.54) is 16.5 Å². The van der Waals surface area contributed by atoms with Crippen molar-refractivity contribution in [2.45, 2.75) is 26.7 Å². The van der Waals surface area contributed by atoms with Gasteiger partial charge in [0.2, 0.25) is 11.8 Å². The number of aromatic amines is 1. The second-order valence-electron chi connectivity index (χ2n) is 7.13. The molecule has 2 N–H and O–H groups in total. The van der Waals surface area contributed by atoms with Crippen molar-refractivity contribution in [1.82, 2.24) is 15.2 Å². The summed E-state index contributed by atoms with van der Waals surface area (Å²) >= 11 is 0. The summed E-state index contributed by atoms with van der Waals surface area (Å²) in [7, 11) is 0. The van der Waals surface area contributed by atoms with Crippen LogP contribution < -0.4 is 5.32 Å². The normalized spacial score (nSPS) is 10.8. The number of nitrogens with one attached hydrogen (secondary N) is 2. The second kappa shape index (κ2) is 9.22. The molecule has 0 saturated carbocycles. The molecule has 1 heterocycles. The van der Waals surface area contributed by atoms with Gasteiger partial charge in [-0.15, -0.1) is 0 Å². The van der Waals surface area contributed by atoms with E-state index in [9.17, 15) is 9.59 Å². The summed E-state index contributed by atoms with van der Waals surface area (Å²) in [6.45, 7) is 5.19. The molecule has 0 unspecified atom stereocenters. The highest BCUT2D eigenvalue weighted by Crippen LogP contribution is 2.18. The molecule has 2 amide bonds. The summed E-state index contributed by atoms with van der Waals surface area (Å²) in [5, 5.41) is 4.11. The first-order valence-electron chi connectivity index (χ1n) is 9.65. The number of nitrogens with zero attached hydrogens (tertiary/aromatic N) is 1. The van der Waals surface area contributed by atoms with E-state index in [-0.39, 0.29) is 11.8 Å². The summed E-state index contributed by atoms with van der Waals surface area (Å²) in [6, 6.07) is 16.1. The molecule has 0 aliphatic heterocycles. The maximum absolute atomic E-state index is 12.1. The van der Waals surface area contributed by atoms with Gasteiger partial charge in [0.05, 0.1) is 6.42 Å². The molecule has 0 aliphatic rings. The molecule has 5 nitrogen and oxygen atoms in total. The zero-order valence-electron chi connectivity index (χ0n) is 16.5. The highest BCUT2D eigenvalue weighted by Gasteiger charge is 2.11. The van der Waals surface area contributed by atoms with E-state index < -0.39 is 0 Å². The van der Waals surface area contributed by atoms with E-state index in [1.807, 2.05) is 55.6 Å². The minimum atomic E-state index is -0.0241. The molecule has 0 radical (unpaired) electrons. The highest BCUT2D eigenvalue weighted by atomic mass is 16.2. The minimum absolute atomic E-state index is 0.0209. The van der Waals surface area contributed by atoms with Crippen LogP contribution in [0.2, 0.25) is 0 Å². The fraction of sp³-hybridized carbons (Fsp3) is 0.304. The van der Waals surface area contributed by atoms with Crippen LogP contribution in [0, 0.1) is 6.92 Å². The number of carbonyl (C=O) groups excluding carboxylic acids is 2. The first kappa shape index (κ1) is 19.7. The fourth-order valence-electron chi connectivity index (χ4n) is 3.30. The van der Waals surface area contributed by atoms with E-state index in [4.69, 9.17) is 0 Å². The summed E-state index contributed by atoms with van der Waals surface area (Å²) in [5.41, 5.74) is 4.47. The number of amides is 2. The van der Waals surface area contributed by atoms with Crippen LogP contribution in [-0.2, 0) is 22.4 Å². The number of rotatable bonds is 8. The number of benzene rings is 2. The lowest BCUT2D eigenvalue weighted by atomic mass is 10.1. The van der Waals surface area contributed by atoms with Gasteiger partial charge < -0.3 is 15.2 Å². The van der Waals surface area contributed by atoms with Crippen LogP contribution in [0.4, 0.5) is 0 Å². The number of hydrogen-bond acceptors (Lipinski definition) is 2. The van der Waals surface area contributed by atoms with Crippen LogP contribution in [0.15, 0.2) is 54.7 Å². The van der Waals surface area contributed by atoms with Crippen LogP contribution >= 0.6 is 0 Å². The monoisotopic (exact) mass is 377 g/mol. The van der Waals surface area contributed by atoms with Crippen molar-refractivity contribution in [3.8, 4) is 0 Å². The Morgan fingerprint density at radius 3 is 2.54 bits per heavy atom. The van der Waals surface area contributed by atoms with Gasteiger partial charge in [-0.1, -0.05) is 48.0 Å². The molecule has 2 aromatic carbocycles. The molecule has 0 bridgehead atoms. The number of aromatic nitrogens is 1. The Morgan fingerprint density at radius 2 is 1.79 bits per heavy atom. The van der Waals surface area contributed by atoms with Crippen molar-refractivity contribution in [3.05, 3.63) is 71.4 Å². The molecular weight excluding hydrogens is 350 g/mol. The molecule has 1 aromatic heterocycles. The number of hydrogen-bond donors (Lipinski definition) is 2. The third-order valence-corrected chi connectivity index (χ3v) is 4.96. The number of para-hydroxylation sites is 1. The lowest BCUT2D eigenvalue weighted by Crippen LogP contribution is -2.39. The Hall–Kier alpha value is -3.08. The summed E-state index contributed by atoms with van der Waals surface area (Å²) in [4.78, 5) is 29.1. The van der Waals surface area contributed by atoms with Crippen LogP contribution in [0.1, 0.15) is 23.6 Å². The molecule has 0 fully saturated rings. The van der Waals surface area contributed by atoms with Crippen molar-refractivity contribution in [3.63, 3.8) is 0 Å². The number of aryl methyl sites for hydroxylation is 1. The van der Waals surface area contributed by atoms with E-state index in [0.717, 1.165) is 17.5 Å². The largest absolute Gasteiger partial charge is 0.361 e. The Kier molecular flexibility index (Phi) is 6.48. The Morgan fingerprint density at radius 1 is 1.04 bits per heavy atom. The van der Waals surface area contributed by atoms with Crippen molar-refractivity contribution in [1.29, 1.82) is 0 Å². The fourth-order valence-corrected chi connectivity index (χ4v) is 3.30. The van der Waals surface area contributed by atoms with Gasteiger partial charge in [0, 0.05) is 43.7 Å². The molecular formula is C23H27N3O2. The van der Waals surface area contributed by atoms with Gasteiger partial charge in [-0.2, -0.15) is 0 Å². The van der Waals surface area contributed by atoms with E-state index in [2.05, 4.69) is 16.4 Å².